The molecular weight excluding hydrogens is 255 g/mol. The van der Waals surface area contributed by atoms with Crippen LogP contribution in [0.4, 0.5) is 4.39 Å². The molecule has 0 saturated heterocycles. The van der Waals surface area contributed by atoms with Crippen molar-refractivity contribution in [2.75, 3.05) is 0 Å². The summed E-state index contributed by atoms with van der Waals surface area (Å²) in [7, 11) is 0. The molecule has 1 heterocycles. The quantitative estimate of drug-likeness (QED) is 0.900. The predicted molar refractivity (Wildman–Crippen MR) is 77.4 cm³/mol. The molecule has 0 unspecified atom stereocenters. The van der Waals surface area contributed by atoms with Gasteiger partial charge >= 0.3 is 0 Å². The molecule has 1 N–H and O–H groups in total. The van der Waals surface area contributed by atoms with Crippen LogP contribution in [0.2, 0.25) is 0 Å². The Kier molecular flexibility index (Phi) is 4.69. The maximum absolute atomic E-state index is 13.1. The van der Waals surface area contributed by atoms with Crippen molar-refractivity contribution in [1.82, 2.24) is 10.3 Å². The minimum Gasteiger partial charge on any atom is -0.439 e. The first-order chi connectivity index (χ1) is 9.54. The number of hydrogen-bond acceptors (Lipinski definition) is 3. The van der Waals surface area contributed by atoms with E-state index < -0.39 is 0 Å². The summed E-state index contributed by atoms with van der Waals surface area (Å²) in [6.45, 7) is 6.92. The zero-order valence-electron chi connectivity index (χ0n) is 12.0. The number of hydrogen-bond donors (Lipinski definition) is 1. The minimum atomic E-state index is -0.322. The summed E-state index contributed by atoms with van der Waals surface area (Å²) in [6, 6.07) is 10.2. The Balaban J connectivity index is 2.09. The highest BCUT2D eigenvalue weighted by Crippen LogP contribution is 2.21. The van der Waals surface area contributed by atoms with E-state index in [1.54, 1.807) is 18.2 Å². The number of halogens is 1. The van der Waals surface area contributed by atoms with Crippen molar-refractivity contribution in [1.29, 1.82) is 0 Å². The fraction of sp³-hybridized carbons (Fsp3) is 0.312. The third-order valence-corrected chi connectivity index (χ3v) is 2.89. The molecule has 2 aromatic rings. The molecule has 0 amide bonds. The van der Waals surface area contributed by atoms with Crippen LogP contribution in [-0.4, -0.2) is 11.0 Å². The Morgan fingerprint density at radius 2 is 2.05 bits per heavy atom. The summed E-state index contributed by atoms with van der Waals surface area (Å²) in [4.78, 5) is 4.39. The van der Waals surface area contributed by atoms with Gasteiger partial charge in [-0.05, 0) is 24.6 Å². The molecule has 4 heteroatoms. The van der Waals surface area contributed by atoms with E-state index in [1.165, 1.54) is 12.1 Å². The third-order valence-electron chi connectivity index (χ3n) is 2.89. The Labute approximate surface area is 118 Å². The highest BCUT2D eigenvalue weighted by atomic mass is 19.1. The van der Waals surface area contributed by atoms with Crippen molar-refractivity contribution < 1.29 is 9.13 Å². The lowest BCUT2D eigenvalue weighted by atomic mass is 10.2. The third kappa shape index (κ3) is 4.03. The summed E-state index contributed by atoms with van der Waals surface area (Å²) >= 11 is 0. The Morgan fingerprint density at radius 1 is 1.25 bits per heavy atom. The molecule has 0 aliphatic rings. The van der Waals surface area contributed by atoms with Gasteiger partial charge < -0.3 is 10.1 Å². The summed E-state index contributed by atoms with van der Waals surface area (Å²) in [5.41, 5.74) is 2.04. The fourth-order valence-corrected chi connectivity index (χ4v) is 1.78. The van der Waals surface area contributed by atoms with Crippen LogP contribution < -0.4 is 10.1 Å². The molecule has 0 saturated carbocycles. The summed E-state index contributed by atoms with van der Waals surface area (Å²) in [5.74, 6) is 0.600. The highest BCUT2D eigenvalue weighted by molar-refractivity contribution is 5.30. The molecule has 20 heavy (non-hydrogen) atoms. The second-order valence-corrected chi connectivity index (χ2v) is 4.99. The van der Waals surface area contributed by atoms with E-state index in [0.717, 1.165) is 17.8 Å². The molecular formula is C16H19FN2O. The van der Waals surface area contributed by atoms with Gasteiger partial charge in [-0.15, -0.1) is 0 Å². The van der Waals surface area contributed by atoms with Crippen molar-refractivity contribution in [2.24, 2.45) is 0 Å². The predicted octanol–water partition coefficient (Wildman–Crippen LogP) is 3.82. The van der Waals surface area contributed by atoms with Gasteiger partial charge in [0, 0.05) is 30.4 Å². The van der Waals surface area contributed by atoms with E-state index in [1.807, 2.05) is 13.0 Å². The summed E-state index contributed by atoms with van der Waals surface area (Å²) in [6.07, 6.45) is 0. The maximum atomic E-state index is 13.1. The van der Waals surface area contributed by atoms with Gasteiger partial charge in [0.05, 0.1) is 0 Å². The zero-order valence-corrected chi connectivity index (χ0v) is 12.0. The molecule has 0 aliphatic heterocycles. The second kappa shape index (κ2) is 6.48. The molecule has 0 fully saturated rings. The number of benzene rings is 1. The van der Waals surface area contributed by atoms with Crippen LogP contribution in [0.3, 0.4) is 0 Å². The van der Waals surface area contributed by atoms with E-state index >= 15 is 0 Å². The van der Waals surface area contributed by atoms with Gasteiger partial charge in [-0.2, -0.15) is 0 Å². The van der Waals surface area contributed by atoms with Gasteiger partial charge in [-0.1, -0.05) is 26.0 Å². The Bertz CT molecular complexity index is 584. The van der Waals surface area contributed by atoms with Crippen LogP contribution in [0, 0.1) is 12.7 Å². The largest absolute Gasteiger partial charge is 0.439 e. The van der Waals surface area contributed by atoms with Gasteiger partial charge in [0.15, 0.2) is 0 Å². The molecule has 1 aromatic carbocycles. The number of rotatable bonds is 5. The van der Waals surface area contributed by atoms with Crippen LogP contribution in [0.15, 0.2) is 36.4 Å². The molecule has 0 spiro atoms. The molecule has 0 atom stereocenters. The van der Waals surface area contributed by atoms with Crippen LogP contribution in [0.25, 0.3) is 0 Å². The minimum absolute atomic E-state index is 0.322. The molecule has 0 bridgehead atoms. The average Bonchev–Trinajstić information content (AvgIpc) is 2.37. The molecule has 0 aliphatic carbocycles. The van der Waals surface area contributed by atoms with Crippen molar-refractivity contribution >= 4 is 0 Å². The number of aryl methyl sites for hydroxylation is 1. The molecule has 0 radical (unpaired) electrons. The van der Waals surface area contributed by atoms with Gasteiger partial charge in [0.25, 0.3) is 0 Å². The van der Waals surface area contributed by atoms with E-state index in [4.69, 9.17) is 4.74 Å². The van der Waals surface area contributed by atoms with Gasteiger partial charge in [-0.25, -0.2) is 9.37 Å². The molecule has 2 rings (SSSR count). The van der Waals surface area contributed by atoms with Crippen molar-refractivity contribution in [3.8, 4) is 11.6 Å². The molecule has 3 nitrogen and oxygen atoms in total. The smallest absolute Gasteiger partial charge is 0.219 e. The van der Waals surface area contributed by atoms with E-state index in [2.05, 4.69) is 24.1 Å². The summed E-state index contributed by atoms with van der Waals surface area (Å²) in [5, 5.41) is 3.35. The van der Waals surface area contributed by atoms with Crippen LogP contribution in [0.1, 0.15) is 25.1 Å². The Morgan fingerprint density at radius 3 is 2.70 bits per heavy atom. The fourth-order valence-electron chi connectivity index (χ4n) is 1.78. The monoisotopic (exact) mass is 274 g/mol. The highest BCUT2D eigenvalue weighted by Gasteiger charge is 2.05. The number of nitrogens with zero attached hydrogens (tertiary/aromatic N) is 1. The van der Waals surface area contributed by atoms with Gasteiger partial charge in [0.1, 0.15) is 11.6 Å². The van der Waals surface area contributed by atoms with Crippen molar-refractivity contribution in [3.05, 3.63) is 53.5 Å². The normalized spacial score (nSPS) is 10.8. The lowest BCUT2D eigenvalue weighted by Crippen LogP contribution is -2.22. The van der Waals surface area contributed by atoms with E-state index in [9.17, 15) is 4.39 Å². The SMILES string of the molecule is Cc1nc(Oc2cccc(F)c2)ccc1CNC(C)C. The maximum Gasteiger partial charge on any atom is 0.219 e. The summed E-state index contributed by atoms with van der Waals surface area (Å²) < 4.78 is 18.6. The number of aromatic nitrogens is 1. The van der Waals surface area contributed by atoms with E-state index in [0.29, 0.717) is 17.7 Å². The zero-order chi connectivity index (χ0) is 14.5. The first-order valence-electron chi connectivity index (χ1n) is 6.68. The van der Waals surface area contributed by atoms with Crippen LogP contribution >= 0.6 is 0 Å². The lowest BCUT2D eigenvalue weighted by molar-refractivity contribution is 0.456. The number of ether oxygens (including phenoxy) is 1. The molecule has 1 aromatic heterocycles. The first-order valence-corrected chi connectivity index (χ1v) is 6.68. The lowest BCUT2D eigenvalue weighted by Gasteiger charge is -2.11. The number of pyridine rings is 1. The van der Waals surface area contributed by atoms with Crippen LogP contribution in [-0.2, 0) is 6.54 Å². The topological polar surface area (TPSA) is 34.1 Å². The standard InChI is InChI=1S/C16H19FN2O/c1-11(2)18-10-13-7-8-16(19-12(13)3)20-15-6-4-5-14(17)9-15/h4-9,11,18H,10H2,1-3H3. The van der Waals surface area contributed by atoms with E-state index in [-0.39, 0.29) is 5.82 Å². The van der Waals surface area contributed by atoms with Gasteiger partial charge in [-0.3, -0.25) is 0 Å². The average molecular weight is 274 g/mol. The van der Waals surface area contributed by atoms with Crippen molar-refractivity contribution in [3.63, 3.8) is 0 Å². The van der Waals surface area contributed by atoms with Crippen LogP contribution in [0.5, 0.6) is 11.6 Å². The first kappa shape index (κ1) is 14.5. The Hall–Kier alpha value is -1.94. The second-order valence-electron chi connectivity index (χ2n) is 4.99. The molecule has 106 valence electrons. The van der Waals surface area contributed by atoms with Crippen molar-refractivity contribution in [2.45, 2.75) is 33.4 Å². The van der Waals surface area contributed by atoms with Gasteiger partial charge in [0.2, 0.25) is 5.88 Å². The number of nitrogens with one attached hydrogen (secondary N) is 1.